The van der Waals surface area contributed by atoms with Crippen LogP contribution in [0.1, 0.15) is 57.7 Å². The molecule has 0 fully saturated rings. The van der Waals surface area contributed by atoms with Gasteiger partial charge in [-0.3, -0.25) is 0 Å². The standard InChI is InChI=1S/C11H12ClN3O.C8H10O.C3H8.C2H6S.C2H6.CH2N4/c1-7(14)15-6-9(5-13)8-2-3-10(12)11(16)4-8;1-7-4-2-3-5-8(7)6-9;2*1-3-2;1-2;1-2-4-5-3-1/h2-6,13,16H,1H3,(H2,14,15);2-5,9H,6H2,1H3;3H2,1-2H3;1-2H3;1-2H3;1H,(H,2,3,4,5)/b9-6+,13-5?;;;;;. The van der Waals surface area contributed by atoms with Gasteiger partial charge in [-0.25, -0.2) is 4.99 Å². The summed E-state index contributed by atoms with van der Waals surface area (Å²) in [6.07, 6.45) is 9.26. The number of rotatable bonds is 4. The van der Waals surface area contributed by atoms with E-state index in [9.17, 15) is 5.11 Å². The first-order valence-electron chi connectivity index (χ1n) is 11.9. The summed E-state index contributed by atoms with van der Waals surface area (Å²) in [6, 6.07) is 12.5. The Bertz CT molecular complexity index is 991. The first-order valence-corrected chi connectivity index (χ1v) is 13.9. The molecule has 1 heterocycles. The number of aromatic nitrogens is 4. The number of nitrogens with zero attached hydrogens (tertiary/aromatic N) is 4. The summed E-state index contributed by atoms with van der Waals surface area (Å²) in [5.41, 5.74) is 8.74. The molecule has 0 aliphatic rings. The third-order valence-corrected chi connectivity index (χ3v) is 3.86. The van der Waals surface area contributed by atoms with E-state index in [2.05, 4.69) is 39.5 Å². The first-order chi connectivity index (χ1) is 18.2. The van der Waals surface area contributed by atoms with E-state index >= 15 is 0 Å². The highest BCUT2D eigenvalue weighted by molar-refractivity contribution is 7.97. The minimum atomic E-state index is -0.0274. The number of aromatic amines is 1. The maximum Gasteiger partial charge on any atom is 0.161 e. The van der Waals surface area contributed by atoms with Crippen molar-refractivity contribution in [3.63, 3.8) is 0 Å². The van der Waals surface area contributed by atoms with E-state index in [4.69, 9.17) is 27.9 Å². The number of aliphatic imine (C=N–C) groups is 1. The van der Waals surface area contributed by atoms with Crippen molar-refractivity contribution in [1.29, 1.82) is 5.41 Å². The van der Waals surface area contributed by atoms with Crippen LogP contribution in [0.2, 0.25) is 5.02 Å². The van der Waals surface area contributed by atoms with Crippen LogP contribution in [0.15, 0.2) is 60.0 Å². The van der Waals surface area contributed by atoms with Gasteiger partial charge in [0.25, 0.3) is 0 Å². The first kappa shape index (κ1) is 39.3. The van der Waals surface area contributed by atoms with E-state index in [0.29, 0.717) is 17.0 Å². The molecule has 38 heavy (non-hydrogen) atoms. The van der Waals surface area contributed by atoms with Crippen LogP contribution in [0, 0.1) is 12.3 Å². The van der Waals surface area contributed by atoms with E-state index in [-0.39, 0.29) is 17.4 Å². The fourth-order valence-corrected chi connectivity index (χ4v) is 2.09. The van der Waals surface area contributed by atoms with Crippen LogP contribution >= 0.6 is 23.4 Å². The summed E-state index contributed by atoms with van der Waals surface area (Å²) in [5, 5.41) is 37.8. The van der Waals surface area contributed by atoms with Gasteiger partial charge in [0, 0.05) is 18.0 Å². The van der Waals surface area contributed by atoms with Crippen molar-refractivity contribution in [2.45, 2.75) is 54.6 Å². The van der Waals surface area contributed by atoms with Crippen LogP contribution in [0.5, 0.6) is 5.75 Å². The average Bonchev–Trinajstić information content (AvgIpc) is 3.50. The molecule has 2 aromatic carbocycles. The topological polar surface area (TPSA) is 157 Å². The number of tetrazole rings is 1. The summed E-state index contributed by atoms with van der Waals surface area (Å²) >= 11 is 7.43. The van der Waals surface area contributed by atoms with Gasteiger partial charge in [0.1, 0.15) is 5.75 Å². The Morgan fingerprint density at radius 1 is 1.18 bits per heavy atom. The van der Waals surface area contributed by atoms with E-state index in [1.807, 2.05) is 57.5 Å². The predicted octanol–water partition coefficient (Wildman–Crippen LogP) is 6.52. The van der Waals surface area contributed by atoms with Gasteiger partial charge in [0.2, 0.25) is 0 Å². The quantitative estimate of drug-likeness (QED) is 0.178. The normalized spacial score (nSPS) is 9.74. The lowest BCUT2D eigenvalue weighted by atomic mass is 10.1. The van der Waals surface area contributed by atoms with Crippen molar-refractivity contribution in [3.05, 3.63) is 76.7 Å². The van der Waals surface area contributed by atoms with Crippen LogP contribution in [0.3, 0.4) is 0 Å². The van der Waals surface area contributed by atoms with Crippen LogP contribution in [0.25, 0.3) is 5.57 Å². The fraction of sp³-hybridized carbons (Fsp3) is 0.370. The van der Waals surface area contributed by atoms with Gasteiger partial charge in [-0.05, 0) is 55.2 Å². The third-order valence-electron chi connectivity index (χ3n) is 3.54. The number of aliphatic hydroxyl groups is 1. The largest absolute Gasteiger partial charge is 0.506 e. The van der Waals surface area contributed by atoms with E-state index in [0.717, 1.165) is 17.3 Å². The zero-order valence-electron chi connectivity index (χ0n) is 23.7. The molecule has 0 saturated carbocycles. The number of benzene rings is 2. The molecule has 9 nitrogen and oxygen atoms in total. The zero-order chi connectivity index (χ0) is 29.8. The van der Waals surface area contributed by atoms with Crippen molar-refractivity contribution >= 4 is 41.0 Å². The second-order valence-electron chi connectivity index (χ2n) is 6.93. The molecule has 3 aromatic rings. The number of halogens is 1. The number of aryl methyl sites for hydroxylation is 1. The van der Waals surface area contributed by atoms with Gasteiger partial charge in [-0.2, -0.15) is 17.0 Å². The monoisotopic (exact) mass is 565 g/mol. The van der Waals surface area contributed by atoms with E-state index in [1.165, 1.54) is 25.0 Å². The number of aliphatic hydroxyl groups excluding tert-OH is 1. The second kappa shape index (κ2) is 28.4. The number of hydrogen-bond donors (Lipinski definition) is 5. The molecule has 0 atom stereocenters. The smallest absolute Gasteiger partial charge is 0.161 e. The molecular formula is C27H44ClN7O2S. The molecule has 1 aromatic heterocycles. The molecule has 0 amide bonds. The molecule has 0 bridgehead atoms. The van der Waals surface area contributed by atoms with Crippen molar-refractivity contribution < 1.29 is 10.2 Å². The van der Waals surface area contributed by atoms with Crippen molar-refractivity contribution in [2.75, 3.05) is 12.5 Å². The highest BCUT2D eigenvalue weighted by Crippen LogP contribution is 2.26. The maximum absolute atomic E-state index is 9.43. The SMILES string of the molecule is CC.CC(N)=N/C=C(\C=N)c1ccc(Cl)c(O)c1.CCC.CSC.Cc1ccccc1CO.c1nn[nH]n1. The molecular weight excluding hydrogens is 522 g/mol. The summed E-state index contributed by atoms with van der Waals surface area (Å²) in [4.78, 5) is 3.89. The number of amidine groups is 1. The Hall–Kier alpha value is -3.21. The molecule has 11 heteroatoms. The number of nitrogens with one attached hydrogen (secondary N) is 2. The van der Waals surface area contributed by atoms with E-state index in [1.54, 1.807) is 30.8 Å². The number of nitrogens with two attached hydrogens (primary N) is 1. The molecule has 0 aliphatic heterocycles. The van der Waals surface area contributed by atoms with Gasteiger partial charge in [-0.15, -0.1) is 10.2 Å². The van der Waals surface area contributed by atoms with E-state index < -0.39 is 0 Å². The lowest BCUT2D eigenvalue weighted by Crippen LogP contribution is -2.03. The Labute approximate surface area is 237 Å². The number of phenolic OH excluding ortho intramolecular Hbond substituents is 1. The minimum Gasteiger partial charge on any atom is -0.506 e. The zero-order valence-corrected chi connectivity index (χ0v) is 25.3. The van der Waals surface area contributed by atoms with Crippen molar-refractivity contribution in [1.82, 2.24) is 20.6 Å². The molecule has 3 rings (SSSR count). The van der Waals surface area contributed by atoms with Crippen LogP contribution in [-0.2, 0) is 6.61 Å². The Morgan fingerprint density at radius 3 is 2.11 bits per heavy atom. The van der Waals surface area contributed by atoms with Gasteiger partial charge in [0.15, 0.2) is 6.33 Å². The number of H-pyrrole nitrogens is 1. The summed E-state index contributed by atoms with van der Waals surface area (Å²) < 4.78 is 0. The molecule has 6 N–H and O–H groups in total. The highest BCUT2D eigenvalue weighted by atomic mass is 35.5. The van der Waals surface area contributed by atoms with Crippen molar-refractivity contribution in [3.8, 4) is 5.75 Å². The summed E-state index contributed by atoms with van der Waals surface area (Å²) in [7, 11) is 0. The minimum absolute atomic E-state index is 0.0274. The van der Waals surface area contributed by atoms with Gasteiger partial charge in [-0.1, -0.05) is 81.3 Å². The fourth-order valence-electron chi connectivity index (χ4n) is 1.98. The lowest BCUT2D eigenvalue weighted by Gasteiger charge is -2.02. The maximum atomic E-state index is 9.43. The Balaban J connectivity index is -0.000000466. The lowest BCUT2D eigenvalue weighted by molar-refractivity contribution is 0.281. The summed E-state index contributed by atoms with van der Waals surface area (Å²) in [5.74, 6) is 0.373. The number of hydrogen-bond acceptors (Lipinski definition) is 8. The Kier molecular flexibility index (Phi) is 29.3. The number of allylic oxidation sites excluding steroid dienone is 1. The van der Waals surface area contributed by atoms with Gasteiger partial charge in [0.05, 0.1) is 17.5 Å². The summed E-state index contributed by atoms with van der Waals surface area (Å²) in [6.45, 7) is 12.0. The van der Waals surface area contributed by atoms with Gasteiger partial charge >= 0.3 is 0 Å². The number of phenols is 1. The number of aromatic hydroxyl groups is 1. The van der Waals surface area contributed by atoms with Crippen LogP contribution < -0.4 is 5.73 Å². The van der Waals surface area contributed by atoms with Crippen LogP contribution in [-0.4, -0.2) is 55.4 Å². The molecule has 0 unspecified atom stereocenters. The molecule has 0 aliphatic carbocycles. The molecule has 0 radical (unpaired) electrons. The van der Waals surface area contributed by atoms with Crippen molar-refractivity contribution in [2.24, 2.45) is 10.7 Å². The Morgan fingerprint density at radius 2 is 1.76 bits per heavy atom. The average molecular weight is 566 g/mol. The third kappa shape index (κ3) is 22.0. The molecule has 212 valence electrons. The highest BCUT2D eigenvalue weighted by Gasteiger charge is 2.03. The van der Waals surface area contributed by atoms with Crippen LogP contribution in [0.4, 0.5) is 0 Å². The number of thioether (sulfide) groups is 1. The molecule has 0 saturated heterocycles. The van der Waals surface area contributed by atoms with Gasteiger partial charge < -0.3 is 21.4 Å². The second-order valence-corrected chi connectivity index (χ2v) is 8.15. The molecule has 0 spiro atoms. The predicted molar refractivity (Wildman–Crippen MR) is 165 cm³/mol.